The zero-order valence-electron chi connectivity index (χ0n) is 25.6. The number of aromatic nitrogens is 4. The van der Waals surface area contributed by atoms with E-state index in [4.69, 9.17) is 9.47 Å². The number of imidazole rings is 1. The van der Waals surface area contributed by atoms with Crippen LogP contribution < -0.4 is 10.4 Å². The van der Waals surface area contributed by atoms with Crippen LogP contribution in [0.5, 0.6) is 5.75 Å². The second-order valence-corrected chi connectivity index (χ2v) is 12.5. The van der Waals surface area contributed by atoms with E-state index in [1.54, 1.807) is 68.4 Å². The van der Waals surface area contributed by atoms with Gasteiger partial charge in [0.2, 0.25) is 5.62 Å². The molecule has 9 nitrogen and oxygen atoms in total. The average molecular weight is 705 g/mol. The second-order valence-electron chi connectivity index (χ2n) is 11.7. The number of halogens is 5. The van der Waals surface area contributed by atoms with Gasteiger partial charge in [0.15, 0.2) is 11.5 Å². The van der Waals surface area contributed by atoms with Crippen molar-refractivity contribution in [1.82, 2.24) is 18.9 Å². The number of nitrogens with zero attached hydrogens (tertiary/aromatic N) is 5. The Morgan fingerprint density at radius 3 is 2.50 bits per heavy atom. The third-order valence-corrected chi connectivity index (χ3v) is 7.57. The molecule has 0 atom stereocenters. The molecular weight excluding hydrogens is 674 g/mol. The summed E-state index contributed by atoms with van der Waals surface area (Å²) in [5.41, 5.74) is -0.650. The number of rotatable bonds is 5. The molecular formula is C32H30BrF4N5O4. The molecule has 0 N–H and O–H groups in total. The quantitative estimate of drug-likeness (QED) is 0.162. The Hall–Kier alpha value is -4.46. The number of Topliss-reactive ketones (excluding diaryl/α,β-unsaturated/α-hetero) is 1. The SMILES string of the molecule is CCn1cc(-c2cc(Cn3ccn(C)/c3=N/C(=O)OC(C)(C)C)cc3c2OC/C(=C\c2ccc(F)c(Br)c2)C3=O)c(C(F)(F)F)n1. The summed E-state index contributed by atoms with van der Waals surface area (Å²) in [6.45, 7) is 6.78. The van der Waals surface area contributed by atoms with Gasteiger partial charge in [-0.15, -0.1) is 4.99 Å². The first-order valence-corrected chi connectivity index (χ1v) is 15.0. The minimum atomic E-state index is -4.79. The molecule has 5 rings (SSSR count). The topological polar surface area (TPSA) is 92.6 Å². The number of alkyl halides is 3. The van der Waals surface area contributed by atoms with Gasteiger partial charge in [0, 0.05) is 48.9 Å². The Balaban J connectivity index is 1.66. The predicted molar refractivity (Wildman–Crippen MR) is 165 cm³/mol. The molecule has 0 bridgehead atoms. The van der Waals surface area contributed by atoms with Gasteiger partial charge in [-0.1, -0.05) is 6.07 Å². The molecule has 242 valence electrons. The number of aryl methyl sites for hydroxylation is 2. The molecule has 1 amide bonds. The maximum atomic E-state index is 14.2. The lowest BCUT2D eigenvalue weighted by Gasteiger charge is -2.23. The van der Waals surface area contributed by atoms with Crippen LogP contribution in [0.25, 0.3) is 17.2 Å². The molecule has 0 spiro atoms. The summed E-state index contributed by atoms with van der Waals surface area (Å²) in [7, 11) is 1.68. The van der Waals surface area contributed by atoms with Crippen LogP contribution in [0.15, 0.2) is 64.0 Å². The first-order valence-electron chi connectivity index (χ1n) is 14.2. The summed E-state index contributed by atoms with van der Waals surface area (Å²) in [6, 6.07) is 7.30. The molecule has 0 unspecified atom stereocenters. The zero-order chi connectivity index (χ0) is 33.6. The molecule has 14 heteroatoms. The molecule has 2 aromatic carbocycles. The first-order chi connectivity index (χ1) is 21.5. The van der Waals surface area contributed by atoms with Crippen LogP contribution in [0.4, 0.5) is 22.4 Å². The van der Waals surface area contributed by atoms with E-state index < -0.39 is 35.2 Å². The van der Waals surface area contributed by atoms with Gasteiger partial charge < -0.3 is 18.6 Å². The van der Waals surface area contributed by atoms with E-state index in [1.165, 1.54) is 35.1 Å². The molecule has 0 radical (unpaired) electrons. The Labute approximate surface area is 269 Å². The van der Waals surface area contributed by atoms with Crippen molar-refractivity contribution in [3.8, 4) is 16.9 Å². The van der Waals surface area contributed by atoms with Gasteiger partial charge in [-0.25, -0.2) is 9.18 Å². The predicted octanol–water partition coefficient (Wildman–Crippen LogP) is 7.17. The molecule has 4 aromatic rings. The minimum absolute atomic E-state index is 0.0101. The summed E-state index contributed by atoms with van der Waals surface area (Å²) < 4.78 is 72.3. The van der Waals surface area contributed by atoms with E-state index in [0.717, 1.165) is 0 Å². The van der Waals surface area contributed by atoms with E-state index in [-0.39, 0.29) is 57.8 Å². The van der Waals surface area contributed by atoms with Crippen LogP contribution in [0.3, 0.4) is 0 Å². The Kier molecular flexibility index (Phi) is 8.86. The van der Waals surface area contributed by atoms with Crippen LogP contribution in [0, 0.1) is 5.82 Å². The summed E-state index contributed by atoms with van der Waals surface area (Å²) in [4.78, 5) is 30.5. The highest BCUT2D eigenvalue weighted by Gasteiger charge is 2.39. The molecule has 0 saturated heterocycles. The molecule has 0 saturated carbocycles. The van der Waals surface area contributed by atoms with Crippen LogP contribution in [0.1, 0.15) is 54.9 Å². The monoisotopic (exact) mass is 703 g/mol. The third-order valence-electron chi connectivity index (χ3n) is 6.97. The van der Waals surface area contributed by atoms with Gasteiger partial charge in [-0.3, -0.25) is 9.48 Å². The van der Waals surface area contributed by atoms with Gasteiger partial charge in [0.05, 0.1) is 16.6 Å². The van der Waals surface area contributed by atoms with E-state index >= 15 is 0 Å². The highest BCUT2D eigenvalue weighted by Crippen LogP contribution is 2.44. The first kappa shape index (κ1) is 32.9. The van der Waals surface area contributed by atoms with E-state index in [9.17, 15) is 27.2 Å². The summed E-state index contributed by atoms with van der Waals surface area (Å²) in [5.74, 6) is -0.945. The Morgan fingerprint density at radius 1 is 1.13 bits per heavy atom. The third kappa shape index (κ3) is 7.01. The molecule has 46 heavy (non-hydrogen) atoms. The lowest BCUT2D eigenvalue weighted by atomic mass is 9.91. The van der Waals surface area contributed by atoms with Crippen molar-refractivity contribution in [3.05, 3.63) is 92.8 Å². The molecule has 3 heterocycles. The molecule has 0 fully saturated rings. The van der Waals surface area contributed by atoms with Gasteiger partial charge >= 0.3 is 12.3 Å². The lowest BCUT2D eigenvalue weighted by molar-refractivity contribution is -0.141. The number of carbonyl (C=O) groups excluding carboxylic acids is 2. The summed E-state index contributed by atoms with van der Waals surface area (Å²) in [5, 5.41) is 3.75. The fourth-order valence-electron chi connectivity index (χ4n) is 4.94. The highest BCUT2D eigenvalue weighted by molar-refractivity contribution is 9.10. The van der Waals surface area contributed by atoms with Gasteiger partial charge in [-0.2, -0.15) is 18.3 Å². The number of ether oxygens (including phenoxy) is 2. The summed E-state index contributed by atoms with van der Waals surface area (Å²) in [6.07, 6.45) is 0.520. The number of benzene rings is 2. The van der Waals surface area contributed by atoms with Crippen molar-refractivity contribution in [2.75, 3.05) is 6.61 Å². The normalized spacial score (nSPS) is 14.9. The van der Waals surface area contributed by atoms with Crippen LogP contribution in [-0.4, -0.2) is 43.0 Å². The van der Waals surface area contributed by atoms with Crippen molar-refractivity contribution < 1.29 is 36.6 Å². The van der Waals surface area contributed by atoms with Crippen molar-refractivity contribution in [3.63, 3.8) is 0 Å². The smallest absolute Gasteiger partial charge is 0.437 e. The van der Waals surface area contributed by atoms with Gasteiger partial charge in [-0.05, 0) is 85.1 Å². The highest BCUT2D eigenvalue weighted by atomic mass is 79.9. The van der Waals surface area contributed by atoms with Crippen molar-refractivity contribution in [2.45, 2.75) is 52.6 Å². The van der Waals surface area contributed by atoms with E-state index in [2.05, 4.69) is 26.0 Å². The second kappa shape index (κ2) is 12.4. The van der Waals surface area contributed by atoms with E-state index in [1.807, 2.05) is 0 Å². The fraction of sp³-hybridized carbons (Fsp3) is 0.312. The maximum absolute atomic E-state index is 14.2. The van der Waals surface area contributed by atoms with Crippen molar-refractivity contribution in [2.24, 2.45) is 12.0 Å². The Morgan fingerprint density at radius 2 is 1.85 bits per heavy atom. The van der Waals surface area contributed by atoms with Crippen molar-refractivity contribution in [1.29, 1.82) is 0 Å². The van der Waals surface area contributed by atoms with E-state index in [0.29, 0.717) is 11.1 Å². The number of hydrogen-bond acceptors (Lipinski definition) is 5. The van der Waals surface area contributed by atoms with Gasteiger partial charge in [0.25, 0.3) is 0 Å². The van der Waals surface area contributed by atoms with Gasteiger partial charge in [0.1, 0.15) is 23.8 Å². The van der Waals surface area contributed by atoms with Crippen molar-refractivity contribution >= 4 is 33.9 Å². The number of ketones is 1. The minimum Gasteiger partial charge on any atom is -0.487 e. The largest absolute Gasteiger partial charge is 0.487 e. The molecule has 2 aromatic heterocycles. The van der Waals surface area contributed by atoms with Crippen LogP contribution >= 0.6 is 15.9 Å². The molecule has 0 aliphatic carbocycles. The molecule has 1 aliphatic heterocycles. The number of fused-ring (bicyclic) bond motifs is 1. The zero-order valence-corrected chi connectivity index (χ0v) is 27.2. The molecule has 1 aliphatic rings. The number of carbonyl (C=O) groups is 2. The number of amides is 1. The number of hydrogen-bond donors (Lipinski definition) is 0. The standard InChI is InChI=1S/C32H30BrF4N5O4/c1-6-42-16-23(28(39-42)32(35,36)37)21-12-19(15-41-10-9-40(5)29(41)38-30(44)46-31(2,3)4)13-22-26(43)20(17-45-27(21)22)11-18-7-8-25(34)24(33)14-18/h7-14,16H,6,15,17H2,1-5H3/b20-11+,38-29-. The maximum Gasteiger partial charge on any atom is 0.437 e. The lowest BCUT2D eigenvalue weighted by Crippen LogP contribution is -2.29. The van der Waals surface area contributed by atoms with Crippen LogP contribution in [0.2, 0.25) is 0 Å². The fourth-order valence-corrected chi connectivity index (χ4v) is 5.34. The Bertz CT molecular complexity index is 1950. The summed E-state index contributed by atoms with van der Waals surface area (Å²) >= 11 is 3.13. The van der Waals surface area contributed by atoms with Crippen LogP contribution in [-0.2, 0) is 31.1 Å². The average Bonchev–Trinajstić information content (AvgIpc) is 3.55.